The van der Waals surface area contributed by atoms with Gasteiger partial charge in [0.15, 0.2) is 0 Å². The van der Waals surface area contributed by atoms with Crippen LogP contribution in [0, 0.1) is 11.8 Å². The zero-order valence-corrected chi connectivity index (χ0v) is 11.2. The molecule has 2 fully saturated rings. The Bertz CT molecular complexity index is 346. The molecule has 1 unspecified atom stereocenters. The summed E-state index contributed by atoms with van der Waals surface area (Å²) in [5.74, 6) is 1.16. The Labute approximate surface area is 104 Å². The van der Waals surface area contributed by atoms with Gasteiger partial charge in [0.1, 0.15) is 0 Å². The fourth-order valence-corrected chi connectivity index (χ4v) is 3.49. The highest BCUT2D eigenvalue weighted by Crippen LogP contribution is 2.31. The highest BCUT2D eigenvalue weighted by atomic mass is 32.2. The van der Waals surface area contributed by atoms with Gasteiger partial charge >= 0.3 is 0 Å². The van der Waals surface area contributed by atoms with Crippen LogP contribution in [0.15, 0.2) is 0 Å². The molecule has 2 aliphatic rings. The lowest BCUT2D eigenvalue weighted by Gasteiger charge is -2.29. The summed E-state index contributed by atoms with van der Waals surface area (Å²) in [5.41, 5.74) is 5.89. The second-order valence-corrected chi connectivity index (χ2v) is 7.19. The normalized spacial score (nSPS) is 26.0. The van der Waals surface area contributed by atoms with Crippen molar-refractivity contribution in [3.05, 3.63) is 0 Å². The average Bonchev–Trinajstić information content (AvgIpc) is 3.10. The molecule has 5 nitrogen and oxygen atoms in total. The lowest BCUT2D eigenvalue weighted by Crippen LogP contribution is -2.48. The summed E-state index contributed by atoms with van der Waals surface area (Å²) in [4.78, 5) is 0. The summed E-state index contributed by atoms with van der Waals surface area (Å²) < 4.78 is 28.2. The highest BCUT2D eigenvalue weighted by molar-refractivity contribution is 7.87. The van der Waals surface area contributed by atoms with E-state index in [0.717, 1.165) is 25.7 Å². The maximum atomic E-state index is 12.0. The number of hydrogen-bond donors (Lipinski definition) is 2. The first kappa shape index (κ1) is 13.3. The quantitative estimate of drug-likeness (QED) is 0.747. The molecule has 1 saturated carbocycles. The molecule has 100 valence electrons. The lowest BCUT2D eigenvalue weighted by atomic mass is 10.0. The van der Waals surface area contributed by atoms with Crippen LogP contribution < -0.4 is 10.5 Å². The Morgan fingerprint density at radius 3 is 2.41 bits per heavy atom. The third kappa shape index (κ3) is 3.64. The standard InChI is InChI=1S/C11H23N3O2S/c1-9-4-6-14(7-5-9)17(15,16)13-8-11(12)10-2-3-10/h9-11,13H,2-8,12H2,1H3. The summed E-state index contributed by atoms with van der Waals surface area (Å²) in [6.07, 6.45) is 4.19. The van der Waals surface area contributed by atoms with Crippen LogP contribution in [0.3, 0.4) is 0 Å². The van der Waals surface area contributed by atoms with Gasteiger partial charge in [0.2, 0.25) is 0 Å². The molecular formula is C11H23N3O2S. The topological polar surface area (TPSA) is 75.4 Å². The Morgan fingerprint density at radius 1 is 1.29 bits per heavy atom. The van der Waals surface area contributed by atoms with Gasteiger partial charge in [-0.05, 0) is 37.5 Å². The predicted molar refractivity (Wildman–Crippen MR) is 67.6 cm³/mol. The van der Waals surface area contributed by atoms with E-state index >= 15 is 0 Å². The van der Waals surface area contributed by atoms with Gasteiger partial charge in [0.25, 0.3) is 10.2 Å². The van der Waals surface area contributed by atoms with Crippen molar-refractivity contribution in [1.82, 2.24) is 9.03 Å². The van der Waals surface area contributed by atoms with E-state index in [0.29, 0.717) is 31.5 Å². The zero-order chi connectivity index (χ0) is 12.5. The Kier molecular flexibility index (Phi) is 4.07. The Hall–Kier alpha value is -0.170. The minimum atomic E-state index is -3.30. The zero-order valence-electron chi connectivity index (χ0n) is 10.4. The first-order valence-corrected chi connectivity index (χ1v) is 7.93. The van der Waals surface area contributed by atoms with E-state index in [9.17, 15) is 8.42 Å². The third-order valence-corrected chi connectivity index (χ3v) is 5.39. The van der Waals surface area contributed by atoms with Crippen molar-refractivity contribution in [1.29, 1.82) is 0 Å². The summed E-state index contributed by atoms with van der Waals surface area (Å²) in [6.45, 7) is 3.81. The molecule has 1 atom stereocenters. The molecular weight excluding hydrogens is 238 g/mol. The molecule has 1 heterocycles. The molecule has 0 aromatic carbocycles. The molecule has 0 spiro atoms. The van der Waals surface area contributed by atoms with Gasteiger partial charge < -0.3 is 5.73 Å². The van der Waals surface area contributed by atoms with Crippen LogP contribution in [0.2, 0.25) is 0 Å². The molecule has 1 aliphatic carbocycles. The largest absolute Gasteiger partial charge is 0.326 e. The summed E-state index contributed by atoms with van der Waals surface area (Å²) >= 11 is 0. The smallest absolute Gasteiger partial charge is 0.279 e. The van der Waals surface area contributed by atoms with Gasteiger partial charge in [-0.3, -0.25) is 0 Å². The summed E-state index contributed by atoms with van der Waals surface area (Å²) in [5, 5.41) is 0. The van der Waals surface area contributed by atoms with Crippen molar-refractivity contribution < 1.29 is 8.42 Å². The van der Waals surface area contributed by atoms with Gasteiger partial charge in [-0.15, -0.1) is 0 Å². The molecule has 17 heavy (non-hydrogen) atoms. The van der Waals surface area contributed by atoms with Crippen LogP contribution in [-0.4, -0.2) is 38.4 Å². The average molecular weight is 261 g/mol. The monoisotopic (exact) mass is 261 g/mol. The number of nitrogens with two attached hydrogens (primary N) is 1. The molecule has 0 aromatic heterocycles. The summed E-state index contributed by atoms with van der Waals surface area (Å²) in [6, 6.07) is -0.0199. The van der Waals surface area contributed by atoms with Crippen LogP contribution in [0.25, 0.3) is 0 Å². The molecule has 3 N–H and O–H groups in total. The number of nitrogens with one attached hydrogen (secondary N) is 1. The van der Waals surface area contributed by atoms with Crippen LogP contribution >= 0.6 is 0 Å². The minimum absolute atomic E-state index is 0.0199. The lowest BCUT2D eigenvalue weighted by molar-refractivity contribution is 0.284. The Morgan fingerprint density at radius 2 is 1.88 bits per heavy atom. The fourth-order valence-electron chi connectivity index (χ4n) is 2.21. The van der Waals surface area contributed by atoms with Crippen LogP contribution in [0.1, 0.15) is 32.6 Å². The van der Waals surface area contributed by atoms with Crippen LogP contribution in [0.4, 0.5) is 0 Å². The van der Waals surface area contributed by atoms with E-state index in [1.807, 2.05) is 0 Å². The fraction of sp³-hybridized carbons (Fsp3) is 1.00. The minimum Gasteiger partial charge on any atom is -0.326 e. The molecule has 6 heteroatoms. The van der Waals surface area contributed by atoms with Crippen molar-refractivity contribution in [2.24, 2.45) is 17.6 Å². The molecule has 1 aliphatic heterocycles. The van der Waals surface area contributed by atoms with Gasteiger partial charge in [-0.25, -0.2) is 4.72 Å². The van der Waals surface area contributed by atoms with E-state index in [-0.39, 0.29) is 6.04 Å². The Balaban J connectivity index is 1.81. The van der Waals surface area contributed by atoms with Crippen LogP contribution in [0.5, 0.6) is 0 Å². The maximum Gasteiger partial charge on any atom is 0.279 e. The van der Waals surface area contributed by atoms with Crippen molar-refractivity contribution in [2.45, 2.75) is 38.6 Å². The maximum absolute atomic E-state index is 12.0. The number of rotatable bonds is 5. The van der Waals surface area contributed by atoms with Gasteiger partial charge in [-0.2, -0.15) is 12.7 Å². The molecule has 1 saturated heterocycles. The van der Waals surface area contributed by atoms with Gasteiger partial charge in [0.05, 0.1) is 0 Å². The highest BCUT2D eigenvalue weighted by Gasteiger charge is 2.31. The van der Waals surface area contributed by atoms with E-state index in [4.69, 9.17) is 5.73 Å². The van der Waals surface area contributed by atoms with Gasteiger partial charge in [0, 0.05) is 25.7 Å². The number of piperidine rings is 1. The van der Waals surface area contributed by atoms with E-state index in [2.05, 4.69) is 11.6 Å². The van der Waals surface area contributed by atoms with E-state index < -0.39 is 10.2 Å². The van der Waals surface area contributed by atoms with E-state index in [1.165, 1.54) is 0 Å². The second kappa shape index (κ2) is 5.22. The molecule has 0 bridgehead atoms. The molecule has 0 amide bonds. The van der Waals surface area contributed by atoms with Gasteiger partial charge in [-0.1, -0.05) is 6.92 Å². The SMILES string of the molecule is CC1CCN(S(=O)(=O)NCC(N)C2CC2)CC1. The second-order valence-electron chi connectivity index (χ2n) is 5.44. The van der Waals surface area contributed by atoms with Crippen molar-refractivity contribution >= 4 is 10.2 Å². The van der Waals surface area contributed by atoms with Crippen molar-refractivity contribution in [3.8, 4) is 0 Å². The molecule has 0 aromatic rings. The van der Waals surface area contributed by atoms with Crippen LogP contribution in [-0.2, 0) is 10.2 Å². The first-order chi connectivity index (χ1) is 7.99. The van der Waals surface area contributed by atoms with E-state index in [1.54, 1.807) is 4.31 Å². The molecule has 2 rings (SSSR count). The summed E-state index contributed by atoms with van der Waals surface area (Å²) in [7, 11) is -3.30. The first-order valence-electron chi connectivity index (χ1n) is 6.49. The predicted octanol–water partition coefficient (Wildman–Crippen LogP) is 0.290. The molecule has 0 radical (unpaired) electrons. The number of hydrogen-bond acceptors (Lipinski definition) is 3. The van der Waals surface area contributed by atoms with Crippen molar-refractivity contribution in [2.75, 3.05) is 19.6 Å². The third-order valence-electron chi connectivity index (χ3n) is 3.81. The number of nitrogens with zero attached hydrogens (tertiary/aromatic N) is 1. The van der Waals surface area contributed by atoms with Crippen molar-refractivity contribution in [3.63, 3.8) is 0 Å².